The van der Waals surface area contributed by atoms with Crippen molar-refractivity contribution in [3.63, 3.8) is 0 Å². The summed E-state index contributed by atoms with van der Waals surface area (Å²) < 4.78 is 0. The predicted molar refractivity (Wildman–Crippen MR) is 23.8 cm³/mol. The summed E-state index contributed by atoms with van der Waals surface area (Å²) in [6, 6.07) is 0. The molecule has 0 spiro atoms. The van der Waals surface area contributed by atoms with Gasteiger partial charge in [0, 0.05) is 18.6 Å². The third-order valence-corrected chi connectivity index (χ3v) is 0. The largest absolute Gasteiger partial charge is 0.153 e. The molecule has 0 saturated carbocycles. The molecule has 0 saturated heterocycles. The first-order valence-electron chi connectivity index (χ1n) is 0.577. The Bertz CT molecular complexity index is 6.00. The molecule has 0 fully saturated rings. The topological polar surface area (TPSA) is 0 Å². The van der Waals surface area contributed by atoms with Gasteiger partial charge in [0.1, 0.15) is 7.57 Å². The van der Waals surface area contributed by atoms with Gasteiger partial charge in [-0.2, -0.15) is 8.15 Å². The van der Waals surface area contributed by atoms with Crippen LogP contribution in [0.25, 0.3) is 0 Å². The van der Waals surface area contributed by atoms with E-state index >= 15 is 0 Å². The molecule has 0 aliphatic heterocycles. The SMILES string of the molecule is [B]PP.[V]. The van der Waals surface area contributed by atoms with Gasteiger partial charge in [0.2, 0.25) is 0 Å². The summed E-state index contributed by atoms with van der Waals surface area (Å²) in [6.45, 7) is 0. The third kappa shape index (κ3) is 9.70. The van der Waals surface area contributed by atoms with Crippen LogP contribution < -0.4 is 0 Å². The molecule has 0 aromatic carbocycles. The summed E-state index contributed by atoms with van der Waals surface area (Å²) in [6.07, 6.45) is 0. The molecule has 0 heterocycles. The Morgan fingerprint density at radius 3 is 1.75 bits per heavy atom. The smallest absolute Gasteiger partial charge is 0.110 e. The quantitative estimate of drug-likeness (QED) is 0.328. The van der Waals surface area contributed by atoms with Gasteiger partial charge in [-0.05, 0) is 0 Å². The van der Waals surface area contributed by atoms with E-state index < -0.39 is 0 Å². The van der Waals surface area contributed by atoms with Gasteiger partial charge in [-0.15, -0.1) is 8.93 Å². The molecule has 0 rings (SSSR count). The molecule has 0 aliphatic carbocycles. The Hall–Kier alpha value is 1.51. The molecule has 2 unspecified atom stereocenters. The van der Waals surface area contributed by atoms with Crippen LogP contribution in [-0.4, -0.2) is 7.57 Å². The maximum Gasteiger partial charge on any atom is 0.110 e. The van der Waals surface area contributed by atoms with E-state index in [-0.39, 0.29) is 18.6 Å². The fourth-order valence-corrected chi connectivity index (χ4v) is 0. The maximum absolute atomic E-state index is 4.84. The van der Waals surface area contributed by atoms with Gasteiger partial charge in [0.15, 0.2) is 0 Å². The molecule has 0 N–H and O–H groups in total. The second-order valence-corrected chi connectivity index (χ2v) is 1.50. The van der Waals surface area contributed by atoms with Crippen LogP contribution in [0.5, 0.6) is 0 Å². The van der Waals surface area contributed by atoms with Crippen LogP contribution in [0.4, 0.5) is 0 Å². The first kappa shape index (κ1) is 9.10. The molecule has 4 heteroatoms. The van der Waals surface area contributed by atoms with E-state index in [2.05, 4.69) is 8.93 Å². The van der Waals surface area contributed by atoms with Crippen molar-refractivity contribution in [3.8, 4) is 0 Å². The zero-order valence-electron chi connectivity index (χ0n) is 2.10. The average molecular weight is 127 g/mol. The Balaban J connectivity index is 0. The molecule has 0 aromatic rings. The first-order chi connectivity index (χ1) is 1.41. The summed E-state index contributed by atoms with van der Waals surface area (Å²) >= 11 is 0. The standard InChI is InChI=1S/BH3P2.V/c1-3-2;/h3H,2H2;. The molecule has 4 heavy (non-hydrogen) atoms. The van der Waals surface area contributed by atoms with Crippen LogP contribution in [0.2, 0.25) is 0 Å². The molecular weight excluding hydrogens is 124 g/mol. The third-order valence-electron chi connectivity index (χ3n) is 0. The maximum atomic E-state index is 4.84. The molecule has 0 nitrogen and oxygen atoms in total. The van der Waals surface area contributed by atoms with Crippen LogP contribution in [-0.2, 0) is 18.6 Å². The summed E-state index contributed by atoms with van der Waals surface area (Å²) in [5.41, 5.74) is 0. The minimum atomic E-state index is 0. The van der Waals surface area contributed by atoms with Gasteiger partial charge in [0.05, 0.1) is 0 Å². The minimum absolute atomic E-state index is 0. The summed E-state index contributed by atoms with van der Waals surface area (Å²) in [7, 11) is 7.72. The second-order valence-electron chi connectivity index (χ2n) is 0.167. The van der Waals surface area contributed by atoms with Gasteiger partial charge >= 0.3 is 0 Å². The Morgan fingerprint density at radius 2 is 1.75 bits per heavy atom. The van der Waals surface area contributed by atoms with Crippen molar-refractivity contribution in [2.45, 2.75) is 0 Å². The molecule has 21 valence electrons. The van der Waals surface area contributed by atoms with Crippen molar-refractivity contribution >= 4 is 24.6 Å². The average Bonchev–Trinajstić information content (AvgIpc) is 0.918. The molecule has 2 atom stereocenters. The number of hydrogen-bond acceptors (Lipinski definition) is 0. The van der Waals surface area contributed by atoms with E-state index in [1.54, 1.807) is 0 Å². The van der Waals surface area contributed by atoms with Crippen LogP contribution in [0.3, 0.4) is 0 Å². The van der Waals surface area contributed by atoms with Crippen molar-refractivity contribution < 1.29 is 18.6 Å². The Labute approximate surface area is 43.6 Å². The van der Waals surface area contributed by atoms with Crippen molar-refractivity contribution in [3.05, 3.63) is 0 Å². The molecular formula is H3BP2V. The van der Waals surface area contributed by atoms with Gasteiger partial charge < -0.3 is 0 Å². The Kier molecular flexibility index (Phi) is 20.1. The van der Waals surface area contributed by atoms with Gasteiger partial charge in [-0.25, -0.2) is 0 Å². The van der Waals surface area contributed by atoms with E-state index in [9.17, 15) is 0 Å². The van der Waals surface area contributed by atoms with Crippen molar-refractivity contribution in [1.29, 1.82) is 0 Å². The van der Waals surface area contributed by atoms with Crippen LogP contribution in [0.15, 0.2) is 0 Å². The minimum Gasteiger partial charge on any atom is -0.153 e. The summed E-state index contributed by atoms with van der Waals surface area (Å²) in [5, 5.41) is 0. The summed E-state index contributed by atoms with van der Waals surface area (Å²) in [4.78, 5) is 0. The Morgan fingerprint density at radius 1 is 1.75 bits per heavy atom. The molecule has 0 bridgehead atoms. The van der Waals surface area contributed by atoms with Crippen LogP contribution in [0.1, 0.15) is 0 Å². The monoisotopic (exact) mass is 127 g/mol. The first-order valence-corrected chi connectivity index (χ1v) is 3.46. The molecule has 0 amide bonds. The van der Waals surface area contributed by atoms with Gasteiger partial charge in [-0.3, -0.25) is 0 Å². The summed E-state index contributed by atoms with van der Waals surface area (Å²) in [5.74, 6) is 0. The zero-order valence-corrected chi connectivity index (χ0v) is 5.65. The van der Waals surface area contributed by atoms with E-state index in [1.165, 1.54) is 0 Å². The number of rotatable bonds is 0. The van der Waals surface area contributed by atoms with Gasteiger partial charge in [0.25, 0.3) is 0 Å². The van der Waals surface area contributed by atoms with E-state index in [1.807, 2.05) is 0 Å². The van der Waals surface area contributed by atoms with E-state index in [0.717, 1.165) is 0 Å². The van der Waals surface area contributed by atoms with Crippen LogP contribution >= 0.6 is 17.1 Å². The van der Waals surface area contributed by atoms with Crippen molar-refractivity contribution in [1.82, 2.24) is 0 Å². The molecule has 0 aliphatic rings. The second kappa shape index (κ2) is 8.82. The van der Waals surface area contributed by atoms with Gasteiger partial charge in [-0.1, -0.05) is 0 Å². The van der Waals surface area contributed by atoms with Crippen molar-refractivity contribution in [2.24, 2.45) is 0 Å². The molecule has 3 radical (unpaired) electrons. The van der Waals surface area contributed by atoms with E-state index in [4.69, 9.17) is 7.57 Å². The predicted octanol–water partition coefficient (Wildman–Crippen LogP) is 0.536. The van der Waals surface area contributed by atoms with Crippen LogP contribution in [0, 0.1) is 0 Å². The van der Waals surface area contributed by atoms with E-state index in [0.29, 0.717) is 8.15 Å². The zero-order chi connectivity index (χ0) is 2.71. The fourth-order valence-electron chi connectivity index (χ4n) is 0. The van der Waals surface area contributed by atoms with Crippen molar-refractivity contribution in [2.75, 3.05) is 0 Å². The molecule has 0 aromatic heterocycles. The normalized spacial score (nSPS) is 7.25. The number of hydrogen-bond donors (Lipinski definition) is 0. The fraction of sp³-hybridized carbons (Fsp3) is 0.